The van der Waals surface area contributed by atoms with Gasteiger partial charge in [-0.25, -0.2) is 9.82 Å². The van der Waals surface area contributed by atoms with Crippen molar-refractivity contribution in [1.82, 2.24) is 26.0 Å². The first-order valence-corrected chi connectivity index (χ1v) is 9.20. The first kappa shape index (κ1) is 16.9. The van der Waals surface area contributed by atoms with Crippen LogP contribution >= 0.6 is 0 Å². The number of carbonyl (C=O) groups is 1. The number of piperazine rings is 1. The average molecular weight is 347 g/mol. The van der Waals surface area contributed by atoms with Crippen molar-refractivity contribution in [2.45, 2.75) is 18.5 Å². The summed E-state index contributed by atoms with van der Waals surface area (Å²) < 4.78 is 13.2. The zero-order chi connectivity index (χ0) is 17.2. The lowest BCUT2D eigenvalue weighted by Crippen LogP contribution is -2.49. The smallest absolute Gasteiger partial charge is 0.229 e. The molecule has 3 fully saturated rings. The lowest BCUT2D eigenvalue weighted by Gasteiger charge is -2.33. The van der Waals surface area contributed by atoms with Gasteiger partial charge in [0.05, 0.1) is 12.0 Å². The molecule has 0 saturated carbocycles. The van der Waals surface area contributed by atoms with Gasteiger partial charge in [-0.3, -0.25) is 15.1 Å². The van der Waals surface area contributed by atoms with Crippen LogP contribution in [0.2, 0.25) is 0 Å². The fourth-order valence-electron chi connectivity index (χ4n) is 4.23. The molecule has 3 unspecified atom stereocenters. The van der Waals surface area contributed by atoms with Crippen molar-refractivity contribution < 1.29 is 9.18 Å². The molecule has 3 heterocycles. The zero-order valence-electron chi connectivity index (χ0n) is 14.4. The number of hydrogen-bond donors (Lipinski definition) is 3. The highest BCUT2D eigenvalue weighted by Crippen LogP contribution is 2.28. The number of carbonyl (C=O) groups excluding carboxylic acids is 1. The van der Waals surface area contributed by atoms with Crippen molar-refractivity contribution in [1.29, 1.82) is 0 Å². The minimum atomic E-state index is -0.254. The minimum absolute atomic E-state index is 0.105. The minimum Gasteiger partial charge on any atom is -0.341 e. The van der Waals surface area contributed by atoms with Gasteiger partial charge in [-0.2, -0.15) is 0 Å². The van der Waals surface area contributed by atoms with Gasteiger partial charge >= 0.3 is 0 Å². The molecule has 6 nitrogen and oxygen atoms in total. The Morgan fingerprint density at radius 3 is 2.64 bits per heavy atom. The number of rotatable bonds is 3. The molecular weight excluding hydrogens is 321 g/mol. The Hall–Kier alpha value is -1.54. The first-order chi connectivity index (χ1) is 12.2. The highest BCUT2D eigenvalue weighted by Gasteiger charge is 2.39. The molecule has 3 atom stereocenters. The van der Waals surface area contributed by atoms with Gasteiger partial charge in [-0.1, -0.05) is 12.1 Å². The van der Waals surface area contributed by atoms with E-state index < -0.39 is 0 Å². The summed E-state index contributed by atoms with van der Waals surface area (Å²) in [5, 5.41) is 3.38. The van der Waals surface area contributed by atoms with Crippen LogP contribution in [0.4, 0.5) is 4.39 Å². The van der Waals surface area contributed by atoms with Gasteiger partial charge < -0.3 is 10.2 Å². The second-order valence-electron chi connectivity index (χ2n) is 7.17. The summed E-state index contributed by atoms with van der Waals surface area (Å²) in [6.07, 6.45) is 1.06. The predicted molar refractivity (Wildman–Crippen MR) is 93.2 cm³/mol. The molecule has 0 radical (unpaired) electrons. The number of nitrogens with zero attached hydrogens (tertiary/aromatic N) is 2. The molecule has 1 amide bonds. The second-order valence-corrected chi connectivity index (χ2v) is 7.17. The summed E-state index contributed by atoms with van der Waals surface area (Å²) in [5.41, 5.74) is 7.23. The molecule has 4 rings (SSSR count). The van der Waals surface area contributed by atoms with Crippen molar-refractivity contribution in [2.75, 3.05) is 45.8 Å². The molecule has 0 aliphatic carbocycles. The topological polar surface area (TPSA) is 59.6 Å². The van der Waals surface area contributed by atoms with Crippen molar-refractivity contribution in [3.8, 4) is 0 Å². The van der Waals surface area contributed by atoms with Crippen LogP contribution in [0.15, 0.2) is 24.3 Å². The van der Waals surface area contributed by atoms with Crippen molar-refractivity contribution in [3.05, 3.63) is 35.6 Å². The van der Waals surface area contributed by atoms with E-state index >= 15 is 0 Å². The molecule has 0 bridgehead atoms. The third-order valence-electron chi connectivity index (χ3n) is 5.67. The molecule has 3 aliphatic heterocycles. The van der Waals surface area contributed by atoms with Gasteiger partial charge in [0.2, 0.25) is 5.91 Å². The maximum atomic E-state index is 13.2. The molecule has 1 aromatic carbocycles. The molecule has 0 spiro atoms. The van der Waals surface area contributed by atoms with Gasteiger partial charge in [-0.05, 0) is 24.1 Å². The highest BCUT2D eigenvalue weighted by molar-refractivity contribution is 5.80. The maximum Gasteiger partial charge on any atom is 0.229 e. The Bertz CT molecular complexity index is 604. The van der Waals surface area contributed by atoms with E-state index in [2.05, 4.69) is 21.1 Å². The first-order valence-electron chi connectivity index (χ1n) is 9.20. The van der Waals surface area contributed by atoms with Gasteiger partial charge in [0.1, 0.15) is 5.82 Å². The fourth-order valence-corrected chi connectivity index (χ4v) is 4.23. The molecule has 3 aliphatic rings. The summed E-state index contributed by atoms with van der Waals surface area (Å²) in [6, 6.07) is 6.80. The van der Waals surface area contributed by atoms with E-state index in [0.717, 1.165) is 51.3 Å². The summed E-state index contributed by atoms with van der Waals surface area (Å²) >= 11 is 0. The van der Waals surface area contributed by atoms with Crippen LogP contribution in [0.5, 0.6) is 0 Å². The standard InChI is InChI=1S/C18H26FN5O/c19-14-3-1-13(2-4-14)17-16(11-21-22-17)18(25)24-8-5-15(12-24)23-9-6-20-7-10-23/h1-4,15-17,20-22H,5-12H2. The number of nitrogens with one attached hydrogen (secondary N) is 3. The fraction of sp³-hybridized carbons (Fsp3) is 0.611. The Balaban J connectivity index is 1.40. The van der Waals surface area contributed by atoms with E-state index in [1.807, 2.05) is 4.90 Å². The number of halogens is 1. The Kier molecular flexibility index (Phi) is 4.98. The second kappa shape index (κ2) is 7.37. The molecule has 25 heavy (non-hydrogen) atoms. The summed E-state index contributed by atoms with van der Waals surface area (Å²) in [7, 11) is 0. The number of hydrazine groups is 1. The highest BCUT2D eigenvalue weighted by atomic mass is 19.1. The number of hydrogen-bond acceptors (Lipinski definition) is 5. The van der Waals surface area contributed by atoms with Crippen molar-refractivity contribution in [2.24, 2.45) is 5.92 Å². The van der Waals surface area contributed by atoms with E-state index in [0.29, 0.717) is 12.6 Å². The largest absolute Gasteiger partial charge is 0.341 e. The molecule has 0 aromatic heterocycles. The van der Waals surface area contributed by atoms with Crippen molar-refractivity contribution >= 4 is 5.91 Å². The van der Waals surface area contributed by atoms with E-state index in [4.69, 9.17) is 0 Å². The van der Waals surface area contributed by atoms with Crippen LogP contribution < -0.4 is 16.2 Å². The Morgan fingerprint density at radius 2 is 1.88 bits per heavy atom. The quantitative estimate of drug-likeness (QED) is 0.724. The molecule has 7 heteroatoms. The third kappa shape index (κ3) is 3.55. The number of likely N-dealkylation sites (tertiary alicyclic amines) is 1. The summed E-state index contributed by atoms with van der Waals surface area (Å²) in [4.78, 5) is 17.6. The Morgan fingerprint density at radius 1 is 1.12 bits per heavy atom. The van der Waals surface area contributed by atoms with E-state index in [1.54, 1.807) is 12.1 Å². The molecular formula is C18H26FN5O. The van der Waals surface area contributed by atoms with E-state index in [-0.39, 0.29) is 23.7 Å². The van der Waals surface area contributed by atoms with Gasteiger partial charge in [0.15, 0.2) is 0 Å². The molecule has 3 saturated heterocycles. The molecule has 3 N–H and O–H groups in total. The van der Waals surface area contributed by atoms with Crippen LogP contribution in [0, 0.1) is 11.7 Å². The van der Waals surface area contributed by atoms with Crippen molar-refractivity contribution in [3.63, 3.8) is 0 Å². The van der Waals surface area contributed by atoms with E-state index in [1.165, 1.54) is 12.1 Å². The van der Waals surface area contributed by atoms with Crippen LogP contribution in [-0.2, 0) is 4.79 Å². The van der Waals surface area contributed by atoms with Crippen LogP contribution in [-0.4, -0.2) is 67.6 Å². The van der Waals surface area contributed by atoms with Gasteiger partial charge in [-0.15, -0.1) is 0 Å². The van der Waals surface area contributed by atoms with Gasteiger partial charge in [0, 0.05) is 51.9 Å². The van der Waals surface area contributed by atoms with Crippen LogP contribution in [0.3, 0.4) is 0 Å². The normalized spacial score (nSPS) is 30.8. The van der Waals surface area contributed by atoms with Gasteiger partial charge in [0.25, 0.3) is 0 Å². The lowest BCUT2D eigenvalue weighted by atomic mass is 9.93. The lowest BCUT2D eigenvalue weighted by molar-refractivity contribution is -0.134. The van der Waals surface area contributed by atoms with E-state index in [9.17, 15) is 9.18 Å². The summed E-state index contributed by atoms with van der Waals surface area (Å²) in [6.45, 7) is 6.47. The zero-order valence-corrected chi connectivity index (χ0v) is 14.4. The predicted octanol–water partition coefficient (Wildman–Crippen LogP) is 0.0969. The molecule has 1 aromatic rings. The molecule has 136 valence electrons. The number of benzene rings is 1. The maximum absolute atomic E-state index is 13.2. The monoisotopic (exact) mass is 347 g/mol. The summed E-state index contributed by atoms with van der Waals surface area (Å²) in [5.74, 6) is -0.201. The van der Waals surface area contributed by atoms with Crippen LogP contribution in [0.1, 0.15) is 18.0 Å². The Labute approximate surface area is 147 Å². The average Bonchev–Trinajstić information content (AvgIpc) is 3.32. The number of amides is 1. The third-order valence-corrected chi connectivity index (χ3v) is 5.67. The SMILES string of the molecule is O=C(C1CNNC1c1ccc(F)cc1)N1CCC(N2CCNCC2)C1. The van der Waals surface area contributed by atoms with Crippen LogP contribution in [0.25, 0.3) is 0 Å².